The molecule has 0 saturated carbocycles. The Morgan fingerprint density at radius 1 is 1.14 bits per heavy atom. The quantitative estimate of drug-likeness (QED) is 0.187. The molecule has 0 atom stereocenters. The molecule has 1 aliphatic rings. The first-order valence-electron chi connectivity index (χ1n) is 11.1. The molecule has 1 aromatic rings. The first-order chi connectivity index (χ1) is 13.6. The lowest BCUT2D eigenvalue weighted by Gasteiger charge is -2.32. The van der Waals surface area contributed by atoms with Crippen molar-refractivity contribution >= 4 is 35.6 Å². The topological polar surface area (TPSA) is 59.9 Å². The van der Waals surface area contributed by atoms with Crippen LogP contribution in [0.4, 0.5) is 5.69 Å². The molecule has 166 valence electrons. The van der Waals surface area contributed by atoms with Gasteiger partial charge in [-0.15, -0.1) is 24.0 Å². The Labute approximate surface area is 194 Å². The highest BCUT2D eigenvalue weighted by molar-refractivity contribution is 14.0. The minimum Gasteiger partial charge on any atom is -0.396 e. The first kappa shape index (κ1) is 26.0. The second-order valence-corrected chi connectivity index (χ2v) is 8.29. The van der Waals surface area contributed by atoms with Gasteiger partial charge in [0.05, 0.1) is 6.54 Å². The maximum absolute atomic E-state index is 9.29. The summed E-state index contributed by atoms with van der Waals surface area (Å²) in [5, 5.41) is 16.1. The second-order valence-electron chi connectivity index (χ2n) is 8.29. The summed E-state index contributed by atoms with van der Waals surface area (Å²) in [6.07, 6.45) is 5.90. The predicted molar refractivity (Wildman–Crippen MR) is 135 cm³/mol. The lowest BCUT2D eigenvalue weighted by molar-refractivity contribution is 0.203. The van der Waals surface area contributed by atoms with Crippen molar-refractivity contribution in [1.29, 1.82) is 0 Å². The molecule has 6 heteroatoms. The maximum Gasteiger partial charge on any atom is 0.191 e. The molecule has 0 spiro atoms. The Kier molecular flexibility index (Phi) is 13.4. The number of nitrogens with one attached hydrogen (secondary N) is 2. The Morgan fingerprint density at radius 3 is 2.41 bits per heavy atom. The molecule has 0 unspecified atom stereocenters. The normalized spacial score (nSPS) is 15.3. The van der Waals surface area contributed by atoms with Crippen LogP contribution in [0.1, 0.15) is 58.4 Å². The van der Waals surface area contributed by atoms with Crippen molar-refractivity contribution in [2.75, 3.05) is 37.7 Å². The summed E-state index contributed by atoms with van der Waals surface area (Å²) in [5.74, 6) is 2.17. The minimum atomic E-state index is 0. The molecule has 3 N–H and O–H groups in total. The van der Waals surface area contributed by atoms with Gasteiger partial charge in [-0.3, -0.25) is 0 Å². The third-order valence-electron chi connectivity index (χ3n) is 5.44. The average molecular weight is 517 g/mol. The van der Waals surface area contributed by atoms with Crippen molar-refractivity contribution in [1.82, 2.24) is 10.6 Å². The molecule has 1 aliphatic heterocycles. The first-order valence-corrected chi connectivity index (χ1v) is 11.1. The predicted octanol–water partition coefficient (Wildman–Crippen LogP) is 4.39. The van der Waals surface area contributed by atoms with Crippen molar-refractivity contribution in [2.45, 2.75) is 59.4 Å². The Bertz CT molecular complexity index is 569. The van der Waals surface area contributed by atoms with E-state index in [1.54, 1.807) is 0 Å². The van der Waals surface area contributed by atoms with Crippen LogP contribution in [0.5, 0.6) is 0 Å². The zero-order valence-electron chi connectivity index (χ0n) is 18.5. The van der Waals surface area contributed by atoms with Crippen LogP contribution in [0.2, 0.25) is 0 Å². The van der Waals surface area contributed by atoms with Gasteiger partial charge in [0.25, 0.3) is 0 Å². The van der Waals surface area contributed by atoms with Gasteiger partial charge in [0.15, 0.2) is 5.96 Å². The van der Waals surface area contributed by atoms with Crippen molar-refractivity contribution in [3.05, 3.63) is 29.8 Å². The molecule has 5 nitrogen and oxygen atoms in total. The molecule has 2 rings (SSSR count). The summed E-state index contributed by atoms with van der Waals surface area (Å²) in [7, 11) is 0. The van der Waals surface area contributed by atoms with Crippen LogP contribution in [0.15, 0.2) is 29.3 Å². The molecule has 0 radical (unpaired) electrons. The number of hydrogen-bond acceptors (Lipinski definition) is 3. The number of aliphatic imine (C=N–C) groups is 1. The zero-order valence-corrected chi connectivity index (χ0v) is 20.8. The molecule has 1 aromatic carbocycles. The third kappa shape index (κ3) is 10.0. The lowest BCUT2D eigenvalue weighted by Crippen LogP contribution is -2.37. The smallest absolute Gasteiger partial charge is 0.191 e. The monoisotopic (exact) mass is 516 g/mol. The number of benzene rings is 1. The Hall–Kier alpha value is -1.02. The lowest BCUT2D eigenvalue weighted by atomic mass is 9.97. The molecule has 1 saturated heterocycles. The summed E-state index contributed by atoms with van der Waals surface area (Å²) < 4.78 is 0. The SMILES string of the molecule is CCNC(=NCc1ccc(N2CCC(CO)CC2)cc1)NCCCCC(C)C.I. The maximum atomic E-state index is 9.29. The van der Waals surface area contributed by atoms with Gasteiger partial charge in [-0.25, -0.2) is 4.99 Å². The summed E-state index contributed by atoms with van der Waals surface area (Å²) in [6, 6.07) is 8.78. The van der Waals surface area contributed by atoms with Gasteiger partial charge in [0, 0.05) is 38.5 Å². The van der Waals surface area contributed by atoms with E-state index in [9.17, 15) is 5.11 Å². The van der Waals surface area contributed by atoms with Crippen molar-refractivity contribution in [3.63, 3.8) is 0 Å². The fourth-order valence-electron chi connectivity index (χ4n) is 3.58. The number of aliphatic hydroxyl groups is 1. The summed E-state index contributed by atoms with van der Waals surface area (Å²) in [5.41, 5.74) is 2.50. The van der Waals surface area contributed by atoms with E-state index in [2.05, 4.69) is 60.6 Å². The fraction of sp³-hybridized carbons (Fsp3) is 0.696. The number of halogens is 1. The Morgan fingerprint density at radius 2 is 1.83 bits per heavy atom. The van der Waals surface area contributed by atoms with E-state index < -0.39 is 0 Å². The minimum absolute atomic E-state index is 0. The van der Waals surface area contributed by atoms with Gasteiger partial charge in [0.2, 0.25) is 0 Å². The van der Waals surface area contributed by atoms with Crippen molar-refractivity contribution < 1.29 is 5.11 Å². The molecule has 29 heavy (non-hydrogen) atoms. The number of aliphatic hydroxyl groups excluding tert-OH is 1. The van der Waals surface area contributed by atoms with E-state index in [1.807, 2.05) is 0 Å². The van der Waals surface area contributed by atoms with Gasteiger partial charge < -0.3 is 20.6 Å². The molecular formula is C23H41IN4O. The number of piperidine rings is 1. The Balaban J connectivity index is 0.00000420. The molecule has 0 amide bonds. The van der Waals surface area contributed by atoms with Crippen LogP contribution in [-0.2, 0) is 6.54 Å². The van der Waals surface area contributed by atoms with Gasteiger partial charge >= 0.3 is 0 Å². The van der Waals surface area contributed by atoms with Crippen molar-refractivity contribution in [2.24, 2.45) is 16.8 Å². The highest BCUT2D eigenvalue weighted by Crippen LogP contribution is 2.23. The highest BCUT2D eigenvalue weighted by Gasteiger charge is 2.18. The molecule has 1 heterocycles. The van der Waals surface area contributed by atoms with Crippen LogP contribution in [-0.4, -0.2) is 43.9 Å². The summed E-state index contributed by atoms with van der Waals surface area (Å²) in [6.45, 7) is 11.6. The number of hydrogen-bond donors (Lipinski definition) is 3. The average Bonchev–Trinajstić information content (AvgIpc) is 2.72. The largest absolute Gasteiger partial charge is 0.396 e. The standard InChI is InChI=1S/C23H40N4O.HI/c1-4-24-23(25-14-6-5-7-19(2)3)26-17-20-8-10-22(11-9-20)27-15-12-21(18-28)13-16-27;/h8-11,19,21,28H,4-7,12-18H2,1-3H3,(H2,24,25,26);1H. The van der Waals surface area contributed by atoms with E-state index in [-0.39, 0.29) is 24.0 Å². The van der Waals surface area contributed by atoms with Crippen LogP contribution >= 0.6 is 24.0 Å². The number of guanidine groups is 1. The van der Waals surface area contributed by atoms with Gasteiger partial charge in [-0.05, 0) is 55.7 Å². The molecule has 0 aliphatic carbocycles. The third-order valence-corrected chi connectivity index (χ3v) is 5.44. The number of nitrogens with zero attached hydrogens (tertiary/aromatic N) is 2. The molecule has 1 fully saturated rings. The summed E-state index contributed by atoms with van der Waals surface area (Å²) >= 11 is 0. The van der Waals surface area contributed by atoms with E-state index in [4.69, 9.17) is 4.99 Å². The number of rotatable bonds is 10. The number of unbranched alkanes of at least 4 members (excludes halogenated alkanes) is 1. The molecule has 0 aromatic heterocycles. The fourth-order valence-corrected chi connectivity index (χ4v) is 3.58. The van der Waals surface area contributed by atoms with Gasteiger partial charge in [-0.1, -0.05) is 38.8 Å². The summed E-state index contributed by atoms with van der Waals surface area (Å²) in [4.78, 5) is 7.15. The van der Waals surface area contributed by atoms with Crippen LogP contribution in [0.25, 0.3) is 0 Å². The highest BCUT2D eigenvalue weighted by atomic mass is 127. The van der Waals surface area contributed by atoms with E-state index in [0.29, 0.717) is 19.1 Å². The number of anilines is 1. The molecular weight excluding hydrogens is 475 g/mol. The van der Waals surface area contributed by atoms with Gasteiger partial charge in [-0.2, -0.15) is 0 Å². The van der Waals surface area contributed by atoms with E-state index in [1.165, 1.54) is 30.5 Å². The van der Waals surface area contributed by atoms with Crippen LogP contribution in [0, 0.1) is 11.8 Å². The molecule has 0 bridgehead atoms. The van der Waals surface area contributed by atoms with E-state index in [0.717, 1.165) is 50.9 Å². The van der Waals surface area contributed by atoms with Crippen molar-refractivity contribution in [3.8, 4) is 0 Å². The van der Waals surface area contributed by atoms with Gasteiger partial charge in [0.1, 0.15) is 0 Å². The van der Waals surface area contributed by atoms with E-state index >= 15 is 0 Å². The van der Waals surface area contributed by atoms with Crippen LogP contribution < -0.4 is 15.5 Å². The second kappa shape index (κ2) is 14.9. The van der Waals surface area contributed by atoms with Crippen LogP contribution in [0.3, 0.4) is 0 Å². The zero-order chi connectivity index (χ0) is 20.2.